The lowest BCUT2D eigenvalue weighted by atomic mass is 9.73. The zero-order valence-corrected chi connectivity index (χ0v) is 16.6. The molecule has 0 N–H and O–H groups in total. The minimum Gasteiger partial charge on any atom is -0.274 e. The number of anilines is 1. The molecular weight excluding hydrogens is 346 g/mol. The van der Waals surface area contributed by atoms with Crippen molar-refractivity contribution in [3.8, 4) is 0 Å². The largest absolute Gasteiger partial charge is 0.274 e. The van der Waals surface area contributed by atoms with Gasteiger partial charge in [0.2, 0.25) is 11.8 Å². The SMILES string of the molecule is CCc1cccc(CC)c1N1C(=O)[C@@H]2[C@@H]3C[C@@H]([C@H]2C1=O)[C@H](c1ccccc1)C3. The normalized spacial score (nSPS) is 30.9. The van der Waals surface area contributed by atoms with Gasteiger partial charge in [0.05, 0.1) is 17.5 Å². The summed E-state index contributed by atoms with van der Waals surface area (Å²) in [6.07, 6.45) is 3.72. The Balaban J connectivity index is 1.54. The van der Waals surface area contributed by atoms with E-state index in [2.05, 4.69) is 50.2 Å². The molecule has 1 aliphatic heterocycles. The van der Waals surface area contributed by atoms with Gasteiger partial charge in [0.25, 0.3) is 0 Å². The number of aryl methyl sites for hydroxylation is 2. The van der Waals surface area contributed by atoms with Crippen LogP contribution in [0.1, 0.15) is 49.3 Å². The number of amides is 2. The quantitative estimate of drug-likeness (QED) is 0.726. The van der Waals surface area contributed by atoms with Gasteiger partial charge in [0.15, 0.2) is 0 Å². The van der Waals surface area contributed by atoms with E-state index in [0.29, 0.717) is 17.8 Å². The monoisotopic (exact) mass is 373 g/mol. The van der Waals surface area contributed by atoms with Gasteiger partial charge < -0.3 is 0 Å². The second-order valence-corrected chi connectivity index (χ2v) is 8.61. The van der Waals surface area contributed by atoms with Gasteiger partial charge in [-0.2, -0.15) is 0 Å². The van der Waals surface area contributed by atoms with E-state index >= 15 is 0 Å². The van der Waals surface area contributed by atoms with Crippen LogP contribution in [0.15, 0.2) is 48.5 Å². The molecule has 2 aliphatic carbocycles. The Bertz CT molecular complexity index is 913. The molecule has 144 valence electrons. The highest BCUT2D eigenvalue weighted by atomic mass is 16.2. The number of carbonyl (C=O) groups excluding carboxylic acids is 2. The molecule has 2 amide bonds. The Kier molecular flexibility index (Phi) is 4.15. The minimum atomic E-state index is -0.133. The highest BCUT2D eigenvalue weighted by Gasteiger charge is 2.64. The highest BCUT2D eigenvalue weighted by molar-refractivity contribution is 6.23. The molecule has 0 aromatic heterocycles. The van der Waals surface area contributed by atoms with E-state index in [0.717, 1.165) is 42.5 Å². The van der Waals surface area contributed by atoms with Crippen molar-refractivity contribution in [2.45, 2.75) is 45.4 Å². The molecular formula is C25H27NO2. The Morgan fingerprint density at radius 3 is 2.11 bits per heavy atom. The van der Waals surface area contributed by atoms with E-state index in [1.165, 1.54) is 5.56 Å². The van der Waals surface area contributed by atoms with E-state index in [-0.39, 0.29) is 23.7 Å². The van der Waals surface area contributed by atoms with Crippen molar-refractivity contribution in [1.82, 2.24) is 0 Å². The van der Waals surface area contributed by atoms with Gasteiger partial charge in [-0.15, -0.1) is 0 Å². The van der Waals surface area contributed by atoms with Crippen molar-refractivity contribution >= 4 is 17.5 Å². The van der Waals surface area contributed by atoms with Crippen LogP contribution >= 0.6 is 0 Å². The lowest BCUT2D eigenvalue weighted by Gasteiger charge is -2.28. The Labute approximate surface area is 166 Å². The standard InChI is InChI=1S/C25H27NO2/c1-3-15-11-8-12-16(4-2)23(15)26-24(27)21-18-13-19(17-9-6-5-7-10-17)20(14-18)22(21)25(26)28/h5-12,18-22H,3-4,13-14H2,1-2H3/t18-,19-,20+,21+,22+/m0/s1. The van der Waals surface area contributed by atoms with Gasteiger partial charge in [-0.25, -0.2) is 4.90 Å². The summed E-state index contributed by atoms with van der Waals surface area (Å²) < 4.78 is 0. The van der Waals surface area contributed by atoms with Crippen molar-refractivity contribution in [2.75, 3.05) is 4.90 Å². The zero-order valence-electron chi connectivity index (χ0n) is 16.6. The molecule has 2 saturated carbocycles. The maximum atomic E-state index is 13.6. The second-order valence-electron chi connectivity index (χ2n) is 8.61. The smallest absolute Gasteiger partial charge is 0.238 e. The van der Waals surface area contributed by atoms with Gasteiger partial charge in [0.1, 0.15) is 0 Å². The second kappa shape index (κ2) is 6.58. The number of imide groups is 1. The summed E-state index contributed by atoms with van der Waals surface area (Å²) in [5, 5.41) is 0. The van der Waals surface area contributed by atoms with Crippen LogP contribution in [0.25, 0.3) is 0 Å². The Morgan fingerprint density at radius 1 is 0.821 bits per heavy atom. The van der Waals surface area contributed by atoms with Gasteiger partial charge in [-0.3, -0.25) is 9.59 Å². The molecule has 3 aliphatic rings. The third-order valence-corrected chi connectivity index (χ3v) is 7.43. The van der Waals surface area contributed by atoms with Gasteiger partial charge in [0, 0.05) is 0 Å². The lowest BCUT2D eigenvalue weighted by Crippen LogP contribution is -2.34. The van der Waals surface area contributed by atoms with E-state index < -0.39 is 0 Å². The van der Waals surface area contributed by atoms with Crippen molar-refractivity contribution in [3.05, 3.63) is 65.2 Å². The fourth-order valence-corrected chi connectivity index (χ4v) is 6.27. The number of rotatable bonds is 4. The predicted octanol–water partition coefficient (Wildman–Crippen LogP) is 4.74. The van der Waals surface area contributed by atoms with Crippen LogP contribution in [0.4, 0.5) is 5.69 Å². The first-order valence-electron chi connectivity index (χ1n) is 10.7. The summed E-state index contributed by atoms with van der Waals surface area (Å²) in [4.78, 5) is 28.7. The van der Waals surface area contributed by atoms with Crippen molar-refractivity contribution < 1.29 is 9.59 Å². The lowest BCUT2D eigenvalue weighted by molar-refractivity contribution is -0.123. The molecule has 1 heterocycles. The van der Waals surface area contributed by atoms with Crippen molar-refractivity contribution in [3.63, 3.8) is 0 Å². The van der Waals surface area contributed by atoms with Gasteiger partial charge in [-0.1, -0.05) is 62.4 Å². The summed E-state index contributed by atoms with van der Waals surface area (Å²) in [7, 11) is 0. The van der Waals surface area contributed by atoms with E-state index in [9.17, 15) is 9.59 Å². The molecule has 28 heavy (non-hydrogen) atoms. The summed E-state index contributed by atoms with van der Waals surface area (Å²) in [6.45, 7) is 4.19. The molecule has 2 aromatic carbocycles. The number of hydrogen-bond acceptors (Lipinski definition) is 2. The Hall–Kier alpha value is -2.42. The predicted molar refractivity (Wildman–Crippen MR) is 110 cm³/mol. The molecule has 0 unspecified atom stereocenters. The van der Waals surface area contributed by atoms with Crippen LogP contribution in [0.2, 0.25) is 0 Å². The number of para-hydroxylation sites is 1. The maximum Gasteiger partial charge on any atom is 0.238 e. The van der Waals surface area contributed by atoms with E-state index in [1.54, 1.807) is 4.90 Å². The van der Waals surface area contributed by atoms with Crippen LogP contribution in [-0.2, 0) is 22.4 Å². The van der Waals surface area contributed by atoms with Gasteiger partial charge >= 0.3 is 0 Å². The van der Waals surface area contributed by atoms with Crippen molar-refractivity contribution in [2.24, 2.45) is 23.7 Å². The number of carbonyl (C=O) groups is 2. The molecule has 1 saturated heterocycles. The average molecular weight is 373 g/mol. The van der Waals surface area contributed by atoms with Crippen LogP contribution in [-0.4, -0.2) is 11.8 Å². The molecule has 0 radical (unpaired) electrons. The fourth-order valence-electron chi connectivity index (χ4n) is 6.27. The fraction of sp³-hybridized carbons (Fsp3) is 0.440. The average Bonchev–Trinajstić information content (AvgIpc) is 3.39. The number of fused-ring (bicyclic) bond motifs is 5. The first-order valence-corrected chi connectivity index (χ1v) is 10.7. The summed E-state index contributed by atoms with van der Waals surface area (Å²) >= 11 is 0. The van der Waals surface area contributed by atoms with Crippen LogP contribution in [0, 0.1) is 23.7 Å². The molecule has 2 aromatic rings. The minimum absolute atomic E-state index is 0.0544. The Morgan fingerprint density at radius 2 is 1.46 bits per heavy atom. The van der Waals surface area contributed by atoms with Gasteiger partial charge in [-0.05, 0) is 60.1 Å². The number of nitrogens with zero attached hydrogens (tertiary/aromatic N) is 1. The first kappa shape index (κ1) is 17.7. The third-order valence-electron chi connectivity index (χ3n) is 7.43. The topological polar surface area (TPSA) is 37.4 Å². The summed E-state index contributed by atoms with van der Waals surface area (Å²) in [6, 6.07) is 16.7. The van der Waals surface area contributed by atoms with Crippen molar-refractivity contribution in [1.29, 1.82) is 0 Å². The molecule has 0 spiro atoms. The number of benzene rings is 2. The maximum absolute atomic E-state index is 13.6. The molecule has 5 atom stereocenters. The molecule has 2 bridgehead atoms. The van der Waals surface area contributed by atoms with Crippen LogP contribution in [0.5, 0.6) is 0 Å². The molecule has 3 heteroatoms. The zero-order chi connectivity index (χ0) is 19.4. The van der Waals surface area contributed by atoms with Crippen LogP contribution < -0.4 is 4.90 Å². The third kappa shape index (κ3) is 2.35. The molecule has 3 fully saturated rings. The van der Waals surface area contributed by atoms with E-state index in [1.807, 2.05) is 12.1 Å². The first-order chi connectivity index (χ1) is 13.7. The summed E-state index contributed by atoms with van der Waals surface area (Å²) in [5.41, 5.74) is 4.42. The highest BCUT2D eigenvalue weighted by Crippen LogP contribution is 2.62. The molecule has 5 rings (SSSR count). The summed E-state index contributed by atoms with van der Waals surface area (Å²) in [5.74, 6) is 0.941. The molecule has 3 nitrogen and oxygen atoms in total. The van der Waals surface area contributed by atoms with E-state index in [4.69, 9.17) is 0 Å². The number of hydrogen-bond donors (Lipinski definition) is 0. The van der Waals surface area contributed by atoms with Crippen LogP contribution in [0.3, 0.4) is 0 Å².